The number of rotatable bonds is 7. The summed E-state index contributed by atoms with van der Waals surface area (Å²) in [5.74, 6) is 0.0599. The molecule has 0 radical (unpaired) electrons. The van der Waals surface area contributed by atoms with Gasteiger partial charge in [-0.05, 0) is 18.9 Å². The molecule has 0 aliphatic rings. The molecule has 0 aliphatic carbocycles. The number of benzene rings is 3. The number of nitrogens with zero attached hydrogens (tertiary/aromatic N) is 3. The number of carbonyl (C=O) groups excluding carboxylic acids is 1. The molecule has 4 aromatic rings. The van der Waals surface area contributed by atoms with E-state index in [9.17, 15) is 4.79 Å². The van der Waals surface area contributed by atoms with E-state index in [4.69, 9.17) is 4.98 Å². The van der Waals surface area contributed by atoms with Crippen molar-refractivity contribution in [3.8, 4) is 22.5 Å². The summed E-state index contributed by atoms with van der Waals surface area (Å²) in [4.78, 5) is 17.7. The molecule has 4 nitrogen and oxygen atoms in total. The highest BCUT2D eigenvalue weighted by Crippen LogP contribution is 2.31. The first-order valence-electron chi connectivity index (χ1n) is 10.3. The second-order valence-electron chi connectivity index (χ2n) is 7.20. The molecule has 0 fully saturated rings. The number of carbonyl (C=O) groups is 1. The largest absolute Gasteiger partial charge is 0.293 e. The highest BCUT2D eigenvalue weighted by atomic mass is 32.2. The lowest BCUT2D eigenvalue weighted by molar-refractivity contribution is 0.0994. The Morgan fingerprint density at radius 1 is 0.806 bits per heavy atom. The van der Waals surface area contributed by atoms with Gasteiger partial charge in [-0.2, -0.15) is 0 Å². The third kappa shape index (κ3) is 4.89. The van der Waals surface area contributed by atoms with E-state index in [0.717, 1.165) is 28.9 Å². The molecule has 1 aromatic heterocycles. The van der Waals surface area contributed by atoms with Crippen molar-refractivity contribution < 1.29 is 4.79 Å². The number of ketones is 1. The van der Waals surface area contributed by atoms with Gasteiger partial charge in [0.2, 0.25) is 5.16 Å². The molecule has 1 atom stereocenters. The van der Waals surface area contributed by atoms with Crippen LogP contribution in [0.1, 0.15) is 29.8 Å². The van der Waals surface area contributed by atoms with Crippen LogP contribution in [0.5, 0.6) is 0 Å². The summed E-state index contributed by atoms with van der Waals surface area (Å²) in [5, 5.41) is 8.99. The molecule has 1 heterocycles. The first kappa shape index (κ1) is 20.9. The Balaban J connectivity index is 1.63. The summed E-state index contributed by atoms with van der Waals surface area (Å²) in [7, 11) is 0. The van der Waals surface area contributed by atoms with Crippen LogP contribution >= 0.6 is 11.8 Å². The van der Waals surface area contributed by atoms with Gasteiger partial charge in [-0.1, -0.05) is 104 Å². The zero-order chi connectivity index (χ0) is 21.6. The molecule has 31 heavy (non-hydrogen) atoms. The Morgan fingerprint density at radius 3 is 1.97 bits per heavy atom. The Hall–Kier alpha value is -3.31. The number of Topliss-reactive ketones (excluding diaryl/α,β-unsaturated/α-hetero) is 1. The van der Waals surface area contributed by atoms with Gasteiger partial charge in [0.05, 0.1) is 5.25 Å². The number of hydrogen-bond acceptors (Lipinski definition) is 5. The molecular formula is C26H23N3OS. The molecule has 154 valence electrons. The maximum absolute atomic E-state index is 12.9. The van der Waals surface area contributed by atoms with Crippen LogP contribution in [-0.4, -0.2) is 26.2 Å². The van der Waals surface area contributed by atoms with Crippen molar-refractivity contribution >= 4 is 17.5 Å². The summed E-state index contributed by atoms with van der Waals surface area (Å²) < 4.78 is 0. The van der Waals surface area contributed by atoms with Gasteiger partial charge < -0.3 is 0 Å². The van der Waals surface area contributed by atoms with Crippen LogP contribution in [0.4, 0.5) is 0 Å². The minimum Gasteiger partial charge on any atom is -0.293 e. The van der Waals surface area contributed by atoms with Crippen molar-refractivity contribution in [1.82, 2.24) is 15.2 Å². The first-order chi connectivity index (χ1) is 15.2. The third-order valence-corrected chi connectivity index (χ3v) is 6.01. The van der Waals surface area contributed by atoms with E-state index >= 15 is 0 Å². The van der Waals surface area contributed by atoms with Gasteiger partial charge in [0, 0.05) is 16.7 Å². The monoisotopic (exact) mass is 425 g/mol. The van der Waals surface area contributed by atoms with Gasteiger partial charge >= 0.3 is 0 Å². The average molecular weight is 426 g/mol. The lowest BCUT2D eigenvalue weighted by Gasteiger charge is -2.12. The van der Waals surface area contributed by atoms with Crippen molar-refractivity contribution in [3.63, 3.8) is 0 Å². The SMILES string of the molecule is CCc1ccc(C(=O)C(C)Sc2nnc(-c3ccccc3)c(-c3ccccc3)n2)cc1. The fourth-order valence-corrected chi connectivity index (χ4v) is 4.09. The van der Waals surface area contributed by atoms with E-state index in [1.165, 1.54) is 17.3 Å². The number of hydrogen-bond donors (Lipinski definition) is 0. The normalized spacial score (nSPS) is 11.8. The van der Waals surface area contributed by atoms with E-state index in [2.05, 4.69) is 17.1 Å². The van der Waals surface area contributed by atoms with E-state index < -0.39 is 0 Å². The summed E-state index contributed by atoms with van der Waals surface area (Å²) in [6.45, 7) is 3.99. The molecule has 1 unspecified atom stereocenters. The lowest BCUT2D eigenvalue weighted by atomic mass is 10.0. The maximum atomic E-state index is 12.9. The topological polar surface area (TPSA) is 55.7 Å². The Kier molecular flexibility index (Phi) is 6.53. The van der Waals surface area contributed by atoms with E-state index in [0.29, 0.717) is 10.7 Å². The Bertz CT molecular complexity index is 1160. The van der Waals surface area contributed by atoms with Crippen molar-refractivity contribution in [2.45, 2.75) is 30.7 Å². The van der Waals surface area contributed by atoms with Crippen molar-refractivity contribution in [1.29, 1.82) is 0 Å². The fourth-order valence-electron chi connectivity index (χ4n) is 3.30. The molecule has 0 aliphatic heterocycles. The molecule has 4 rings (SSSR count). The second-order valence-corrected chi connectivity index (χ2v) is 8.51. The molecule has 0 bridgehead atoms. The van der Waals surface area contributed by atoms with Crippen LogP contribution in [-0.2, 0) is 6.42 Å². The van der Waals surface area contributed by atoms with Gasteiger partial charge in [0.15, 0.2) is 5.78 Å². The zero-order valence-corrected chi connectivity index (χ0v) is 18.3. The first-order valence-corrected chi connectivity index (χ1v) is 11.2. The average Bonchev–Trinajstić information content (AvgIpc) is 2.84. The minimum absolute atomic E-state index is 0.0599. The molecule has 0 saturated carbocycles. The highest BCUT2D eigenvalue weighted by Gasteiger charge is 2.20. The standard InChI is InChI=1S/C26H23N3OS/c1-3-19-14-16-22(17-15-19)25(30)18(2)31-26-27-23(20-10-6-4-7-11-20)24(28-29-26)21-12-8-5-9-13-21/h4-18H,3H2,1-2H3. The minimum atomic E-state index is -0.319. The molecule has 0 saturated heterocycles. The third-order valence-electron chi connectivity index (χ3n) is 5.06. The van der Waals surface area contributed by atoms with Crippen LogP contribution in [0.25, 0.3) is 22.5 Å². The fraction of sp³-hybridized carbons (Fsp3) is 0.154. The predicted molar refractivity (Wildman–Crippen MR) is 126 cm³/mol. The van der Waals surface area contributed by atoms with Crippen LogP contribution in [0.2, 0.25) is 0 Å². The van der Waals surface area contributed by atoms with Gasteiger partial charge in [-0.15, -0.1) is 10.2 Å². The van der Waals surface area contributed by atoms with Gasteiger partial charge in [-0.3, -0.25) is 4.79 Å². The summed E-state index contributed by atoms with van der Waals surface area (Å²) in [6, 6.07) is 27.6. The van der Waals surface area contributed by atoms with Crippen molar-refractivity contribution in [3.05, 3.63) is 96.1 Å². The molecular weight excluding hydrogens is 402 g/mol. The molecule has 5 heteroatoms. The summed E-state index contributed by atoms with van der Waals surface area (Å²) in [6.07, 6.45) is 0.953. The number of aromatic nitrogens is 3. The zero-order valence-electron chi connectivity index (χ0n) is 17.5. The highest BCUT2D eigenvalue weighted by molar-refractivity contribution is 8.00. The summed E-state index contributed by atoms with van der Waals surface area (Å²) in [5.41, 5.74) is 5.33. The molecule has 3 aromatic carbocycles. The molecule has 0 spiro atoms. The van der Waals surface area contributed by atoms with Crippen molar-refractivity contribution in [2.75, 3.05) is 0 Å². The lowest BCUT2D eigenvalue weighted by Crippen LogP contribution is -2.14. The van der Waals surface area contributed by atoms with Crippen molar-refractivity contribution in [2.24, 2.45) is 0 Å². The smallest absolute Gasteiger partial charge is 0.210 e. The maximum Gasteiger partial charge on any atom is 0.210 e. The van der Waals surface area contributed by atoms with E-state index in [-0.39, 0.29) is 11.0 Å². The van der Waals surface area contributed by atoms with E-state index in [1.54, 1.807) is 0 Å². The number of aryl methyl sites for hydroxylation is 1. The predicted octanol–water partition coefficient (Wildman–Crippen LogP) is 6.13. The molecule has 0 amide bonds. The van der Waals surface area contributed by atoms with Crippen LogP contribution in [0.3, 0.4) is 0 Å². The van der Waals surface area contributed by atoms with Crippen LogP contribution in [0.15, 0.2) is 90.1 Å². The van der Waals surface area contributed by atoms with Crippen LogP contribution in [0, 0.1) is 0 Å². The Labute approximate surface area is 186 Å². The quantitative estimate of drug-likeness (QED) is 0.263. The molecule has 0 N–H and O–H groups in total. The van der Waals surface area contributed by atoms with E-state index in [1.807, 2.05) is 91.9 Å². The van der Waals surface area contributed by atoms with Gasteiger partial charge in [-0.25, -0.2) is 4.98 Å². The summed E-state index contributed by atoms with van der Waals surface area (Å²) >= 11 is 1.33. The van der Waals surface area contributed by atoms with Gasteiger partial charge in [0.25, 0.3) is 0 Å². The second kappa shape index (κ2) is 9.67. The van der Waals surface area contributed by atoms with Crippen LogP contribution < -0.4 is 0 Å². The van der Waals surface area contributed by atoms with Gasteiger partial charge in [0.1, 0.15) is 11.4 Å². The number of thioether (sulfide) groups is 1. The Morgan fingerprint density at radius 2 is 1.39 bits per heavy atom.